The van der Waals surface area contributed by atoms with Gasteiger partial charge >= 0.3 is 0 Å². The number of nitrogens with one attached hydrogen (secondary N) is 1. The first-order valence-corrected chi connectivity index (χ1v) is 6.84. The lowest BCUT2D eigenvalue weighted by molar-refractivity contribution is -0.384. The highest BCUT2D eigenvalue weighted by Gasteiger charge is 2.13. The van der Waals surface area contributed by atoms with Crippen LogP contribution in [0.3, 0.4) is 0 Å². The fourth-order valence-corrected chi connectivity index (χ4v) is 2.21. The van der Waals surface area contributed by atoms with Crippen molar-refractivity contribution in [2.75, 3.05) is 5.32 Å². The van der Waals surface area contributed by atoms with E-state index in [1.807, 2.05) is 11.6 Å². The van der Waals surface area contributed by atoms with E-state index >= 15 is 0 Å². The first-order valence-electron chi connectivity index (χ1n) is 6.46. The second-order valence-electron chi connectivity index (χ2n) is 4.96. The van der Waals surface area contributed by atoms with Gasteiger partial charge in [-0.3, -0.25) is 10.1 Å². The molecule has 112 valence electrons. The maximum absolute atomic E-state index is 10.7. The quantitative estimate of drug-likeness (QED) is 0.677. The third kappa shape index (κ3) is 3.30. The third-order valence-electron chi connectivity index (χ3n) is 3.12. The molecule has 2 aromatic rings. The summed E-state index contributed by atoms with van der Waals surface area (Å²) in [7, 11) is 1.91. The zero-order valence-electron chi connectivity index (χ0n) is 12.0. The minimum Gasteiger partial charge on any atom is -0.377 e. The molecule has 1 aromatic carbocycles. The van der Waals surface area contributed by atoms with E-state index in [-0.39, 0.29) is 5.69 Å². The van der Waals surface area contributed by atoms with Crippen molar-refractivity contribution in [1.29, 1.82) is 0 Å². The SMILES string of the molecule is CC(C)c1nnc(CNc2ccc([N+](=O)[O-])cc2Cl)n1C. The topological polar surface area (TPSA) is 85.9 Å². The molecule has 0 saturated heterocycles. The number of anilines is 1. The van der Waals surface area contributed by atoms with E-state index in [0.717, 1.165) is 11.6 Å². The predicted octanol–water partition coefficient (Wildman–Crippen LogP) is 3.11. The Morgan fingerprint density at radius 1 is 1.43 bits per heavy atom. The van der Waals surface area contributed by atoms with Crippen LogP contribution in [0.5, 0.6) is 0 Å². The Morgan fingerprint density at radius 2 is 2.14 bits per heavy atom. The summed E-state index contributed by atoms with van der Waals surface area (Å²) < 4.78 is 1.93. The molecule has 0 spiro atoms. The Morgan fingerprint density at radius 3 is 2.67 bits per heavy atom. The summed E-state index contributed by atoms with van der Waals surface area (Å²) in [6.45, 7) is 4.54. The van der Waals surface area contributed by atoms with E-state index in [4.69, 9.17) is 11.6 Å². The van der Waals surface area contributed by atoms with Gasteiger partial charge in [-0.2, -0.15) is 0 Å². The van der Waals surface area contributed by atoms with E-state index in [0.29, 0.717) is 23.2 Å². The molecule has 1 heterocycles. The summed E-state index contributed by atoms with van der Waals surface area (Å²) in [5.74, 6) is 1.97. The van der Waals surface area contributed by atoms with Crippen LogP contribution in [0.1, 0.15) is 31.4 Å². The van der Waals surface area contributed by atoms with Crippen LogP contribution in [-0.2, 0) is 13.6 Å². The average molecular weight is 310 g/mol. The smallest absolute Gasteiger partial charge is 0.271 e. The molecule has 0 aliphatic heterocycles. The van der Waals surface area contributed by atoms with Gasteiger partial charge in [0.2, 0.25) is 0 Å². The molecular weight excluding hydrogens is 294 g/mol. The molecule has 1 aromatic heterocycles. The number of halogens is 1. The van der Waals surface area contributed by atoms with E-state index in [2.05, 4.69) is 29.4 Å². The van der Waals surface area contributed by atoms with Crippen LogP contribution in [0.15, 0.2) is 18.2 Å². The number of hydrogen-bond donors (Lipinski definition) is 1. The van der Waals surface area contributed by atoms with Crippen LogP contribution in [0, 0.1) is 10.1 Å². The van der Waals surface area contributed by atoms with Gasteiger partial charge in [-0.05, 0) is 6.07 Å². The number of non-ortho nitro benzene ring substituents is 1. The van der Waals surface area contributed by atoms with Crippen molar-refractivity contribution < 1.29 is 4.92 Å². The molecule has 2 rings (SSSR count). The van der Waals surface area contributed by atoms with Crippen LogP contribution in [0.2, 0.25) is 5.02 Å². The number of rotatable bonds is 5. The second kappa shape index (κ2) is 6.09. The first kappa shape index (κ1) is 15.2. The van der Waals surface area contributed by atoms with E-state index in [9.17, 15) is 10.1 Å². The number of nitro benzene ring substituents is 1. The zero-order valence-corrected chi connectivity index (χ0v) is 12.8. The average Bonchev–Trinajstić information content (AvgIpc) is 2.78. The molecule has 8 heteroatoms. The van der Waals surface area contributed by atoms with Crippen LogP contribution in [-0.4, -0.2) is 19.7 Å². The summed E-state index contributed by atoms with van der Waals surface area (Å²) in [4.78, 5) is 10.2. The predicted molar refractivity (Wildman–Crippen MR) is 80.5 cm³/mol. The number of aromatic nitrogens is 3. The largest absolute Gasteiger partial charge is 0.377 e. The molecule has 0 aliphatic rings. The number of hydrogen-bond acceptors (Lipinski definition) is 5. The highest BCUT2D eigenvalue weighted by molar-refractivity contribution is 6.33. The van der Waals surface area contributed by atoms with Gasteiger partial charge < -0.3 is 9.88 Å². The normalized spacial score (nSPS) is 10.9. The van der Waals surface area contributed by atoms with Crippen molar-refractivity contribution in [2.45, 2.75) is 26.3 Å². The second-order valence-corrected chi connectivity index (χ2v) is 5.37. The Bertz CT molecular complexity index is 669. The van der Waals surface area contributed by atoms with Gasteiger partial charge in [-0.15, -0.1) is 10.2 Å². The maximum Gasteiger partial charge on any atom is 0.271 e. The van der Waals surface area contributed by atoms with Gasteiger partial charge in [0.1, 0.15) is 5.82 Å². The molecule has 1 N–H and O–H groups in total. The van der Waals surface area contributed by atoms with Crippen molar-refractivity contribution in [3.8, 4) is 0 Å². The van der Waals surface area contributed by atoms with Crippen molar-refractivity contribution >= 4 is 23.0 Å². The summed E-state index contributed by atoms with van der Waals surface area (Å²) in [5, 5.41) is 22.3. The number of nitro groups is 1. The van der Waals surface area contributed by atoms with Gasteiger partial charge in [0.15, 0.2) is 5.82 Å². The Labute approximate surface area is 127 Å². The highest BCUT2D eigenvalue weighted by atomic mass is 35.5. The molecule has 0 atom stereocenters. The molecule has 0 unspecified atom stereocenters. The molecule has 0 fully saturated rings. The lowest BCUT2D eigenvalue weighted by atomic mass is 10.2. The highest BCUT2D eigenvalue weighted by Crippen LogP contribution is 2.27. The van der Waals surface area contributed by atoms with Gasteiger partial charge in [0.25, 0.3) is 5.69 Å². The minimum absolute atomic E-state index is 0.0358. The first-order chi connectivity index (χ1) is 9.90. The van der Waals surface area contributed by atoms with Crippen molar-refractivity contribution in [1.82, 2.24) is 14.8 Å². The standard InChI is InChI=1S/C13H16ClN5O2/c1-8(2)13-17-16-12(18(13)3)7-15-11-5-4-9(19(20)21)6-10(11)14/h4-6,8,15H,7H2,1-3H3. The molecule has 0 saturated carbocycles. The van der Waals surface area contributed by atoms with Crippen molar-refractivity contribution in [3.05, 3.63) is 45.0 Å². The summed E-state index contributed by atoms with van der Waals surface area (Å²) in [6, 6.07) is 4.31. The van der Waals surface area contributed by atoms with E-state index < -0.39 is 4.92 Å². The molecule has 7 nitrogen and oxygen atoms in total. The maximum atomic E-state index is 10.7. The molecule has 0 radical (unpaired) electrons. The Hall–Kier alpha value is -2.15. The van der Waals surface area contributed by atoms with Crippen LogP contribution in [0.25, 0.3) is 0 Å². The van der Waals surface area contributed by atoms with E-state index in [1.165, 1.54) is 12.1 Å². The van der Waals surface area contributed by atoms with E-state index in [1.54, 1.807) is 6.07 Å². The zero-order chi connectivity index (χ0) is 15.6. The van der Waals surface area contributed by atoms with Crippen LogP contribution < -0.4 is 5.32 Å². The lowest BCUT2D eigenvalue weighted by Gasteiger charge is -2.09. The Balaban J connectivity index is 2.12. The van der Waals surface area contributed by atoms with Gasteiger partial charge in [0, 0.05) is 25.1 Å². The minimum atomic E-state index is -0.479. The third-order valence-corrected chi connectivity index (χ3v) is 3.43. The molecule has 21 heavy (non-hydrogen) atoms. The van der Waals surface area contributed by atoms with Crippen molar-refractivity contribution in [2.24, 2.45) is 7.05 Å². The summed E-state index contributed by atoms with van der Waals surface area (Å²) in [6.07, 6.45) is 0. The van der Waals surface area contributed by atoms with Crippen LogP contribution in [0.4, 0.5) is 11.4 Å². The lowest BCUT2D eigenvalue weighted by Crippen LogP contribution is -2.08. The van der Waals surface area contributed by atoms with Gasteiger partial charge in [-0.1, -0.05) is 25.4 Å². The summed E-state index contributed by atoms with van der Waals surface area (Å²) in [5.41, 5.74) is 0.586. The number of nitrogens with zero attached hydrogens (tertiary/aromatic N) is 4. The Kier molecular flexibility index (Phi) is 4.42. The molecule has 0 amide bonds. The summed E-state index contributed by atoms with van der Waals surface area (Å²) >= 11 is 6.03. The molecule has 0 bridgehead atoms. The monoisotopic (exact) mass is 309 g/mol. The molecule has 0 aliphatic carbocycles. The van der Waals surface area contributed by atoms with Crippen LogP contribution >= 0.6 is 11.6 Å². The fourth-order valence-electron chi connectivity index (χ4n) is 1.97. The fraction of sp³-hybridized carbons (Fsp3) is 0.385. The molecular formula is C13H16ClN5O2. The van der Waals surface area contributed by atoms with Gasteiger partial charge in [-0.25, -0.2) is 0 Å². The number of benzene rings is 1. The van der Waals surface area contributed by atoms with Crippen molar-refractivity contribution in [3.63, 3.8) is 0 Å². The van der Waals surface area contributed by atoms with Gasteiger partial charge in [0.05, 0.1) is 22.2 Å².